The molecule has 4 nitrogen and oxygen atoms in total. The van der Waals surface area contributed by atoms with Gasteiger partial charge in [0, 0.05) is 5.41 Å². The Morgan fingerprint density at radius 1 is 1.44 bits per heavy atom. The number of rotatable bonds is 2. The molecule has 0 aromatic carbocycles. The molecule has 2 fully saturated rings. The van der Waals surface area contributed by atoms with Crippen molar-refractivity contribution >= 4 is 5.91 Å². The number of hydrogen-bond acceptors (Lipinski definition) is 3. The highest BCUT2D eigenvalue weighted by molar-refractivity contribution is 5.81. The minimum Gasteiger partial charge on any atom is -0.316 e. The molecule has 0 aromatic rings. The molecule has 2 rings (SSSR count). The van der Waals surface area contributed by atoms with Crippen LogP contribution in [0.3, 0.4) is 0 Å². The molecule has 4 heteroatoms. The molecular formula is C12H22N2O2. The standard InChI is InChI=1S/C12H22N2O2/c1-12(2,10-5-3-6-13-9-10)11(15)14-7-4-8-16-14/h10,13H,3-9H2,1-2H3. The van der Waals surface area contributed by atoms with Gasteiger partial charge in [-0.25, -0.2) is 5.06 Å². The maximum Gasteiger partial charge on any atom is 0.252 e. The van der Waals surface area contributed by atoms with E-state index in [1.807, 2.05) is 0 Å². The minimum atomic E-state index is -0.308. The van der Waals surface area contributed by atoms with Crippen molar-refractivity contribution in [1.82, 2.24) is 10.4 Å². The zero-order valence-electron chi connectivity index (χ0n) is 10.3. The van der Waals surface area contributed by atoms with Gasteiger partial charge < -0.3 is 5.32 Å². The summed E-state index contributed by atoms with van der Waals surface area (Å²) in [6, 6.07) is 0. The van der Waals surface area contributed by atoms with Gasteiger partial charge in [-0.05, 0) is 38.3 Å². The topological polar surface area (TPSA) is 41.6 Å². The maximum absolute atomic E-state index is 12.3. The van der Waals surface area contributed by atoms with Crippen LogP contribution in [0.15, 0.2) is 0 Å². The van der Waals surface area contributed by atoms with E-state index < -0.39 is 0 Å². The Morgan fingerprint density at radius 3 is 2.81 bits per heavy atom. The number of amides is 1. The van der Waals surface area contributed by atoms with E-state index in [2.05, 4.69) is 19.2 Å². The monoisotopic (exact) mass is 226 g/mol. The Bertz CT molecular complexity index is 254. The third kappa shape index (κ3) is 2.23. The summed E-state index contributed by atoms with van der Waals surface area (Å²) in [5, 5.41) is 4.94. The lowest BCUT2D eigenvalue weighted by Crippen LogP contribution is -2.47. The lowest BCUT2D eigenvalue weighted by Gasteiger charge is -2.37. The van der Waals surface area contributed by atoms with Crippen molar-refractivity contribution < 1.29 is 9.63 Å². The van der Waals surface area contributed by atoms with Crippen molar-refractivity contribution in [2.45, 2.75) is 33.1 Å². The number of hydroxylamine groups is 2. The summed E-state index contributed by atoms with van der Waals surface area (Å²) in [5.41, 5.74) is -0.308. The second-order valence-corrected chi connectivity index (χ2v) is 5.36. The van der Waals surface area contributed by atoms with E-state index in [1.165, 1.54) is 6.42 Å². The van der Waals surface area contributed by atoms with Crippen LogP contribution < -0.4 is 5.32 Å². The van der Waals surface area contributed by atoms with Crippen molar-refractivity contribution in [3.05, 3.63) is 0 Å². The van der Waals surface area contributed by atoms with E-state index in [1.54, 1.807) is 5.06 Å². The summed E-state index contributed by atoms with van der Waals surface area (Å²) in [6.07, 6.45) is 3.27. The SMILES string of the molecule is CC(C)(C(=O)N1CCCO1)C1CCCNC1. The predicted octanol–water partition coefficient (Wildman–Crippen LogP) is 1.18. The molecule has 0 bridgehead atoms. The Labute approximate surface area is 97.3 Å². The van der Waals surface area contributed by atoms with E-state index in [4.69, 9.17) is 4.84 Å². The maximum atomic E-state index is 12.3. The van der Waals surface area contributed by atoms with E-state index in [0.29, 0.717) is 12.5 Å². The number of nitrogens with zero attached hydrogens (tertiary/aromatic N) is 1. The zero-order valence-corrected chi connectivity index (χ0v) is 10.3. The fourth-order valence-corrected chi connectivity index (χ4v) is 2.57. The van der Waals surface area contributed by atoms with Crippen LogP contribution in [0.5, 0.6) is 0 Å². The molecule has 2 heterocycles. The molecular weight excluding hydrogens is 204 g/mol. The molecule has 1 amide bonds. The second kappa shape index (κ2) is 4.72. The first-order valence-corrected chi connectivity index (χ1v) is 6.28. The smallest absolute Gasteiger partial charge is 0.252 e. The molecule has 1 N–H and O–H groups in total. The molecule has 2 aliphatic rings. The second-order valence-electron chi connectivity index (χ2n) is 5.36. The lowest BCUT2D eigenvalue weighted by atomic mass is 9.74. The molecule has 2 saturated heterocycles. The third-order valence-corrected chi connectivity index (χ3v) is 3.85. The van der Waals surface area contributed by atoms with E-state index in [-0.39, 0.29) is 11.3 Å². The fraction of sp³-hybridized carbons (Fsp3) is 0.917. The molecule has 0 radical (unpaired) electrons. The van der Waals surface area contributed by atoms with Crippen LogP contribution in [0, 0.1) is 11.3 Å². The van der Waals surface area contributed by atoms with E-state index in [0.717, 1.165) is 32.5 Å². The average Bonchev–Trinajstić information content (AvgIpc) is 2.82. The van der Waals surface area contributed by atoms with Gasteiger partial charge in [0.1, 0.15) is 0 Å². The highest BCUT2D eigenvalue weighted by Crippen LogP contribution is 2.34. The minimum absolute atomic E-state index is 0.152. The molecule has 1 atom stereocenters. The molecule has 1 unspecified atom stereocenters. The highest BCUT2D eigenvalue weighted by Gasteiger charge is 2.41. The molecule has 16 heavy (non-hydrogen) atoms. The van der Waals surface area contributed by atoms with Gasteiger partial charge in [0.2, 0.25) is 0 Å². The van der Waals surface area contributed by atoms with Crippen molar-refractivity contribution in [3.63, 3.8) is 0 Å². The van der Waals surface area contributed by atoms with Crippen LogP contribution >= 0.6 is 0 Å². The Balaban J connectivity index is 2.01. The molecule has 2 aliphatic heterocycles. The molecule has 0 spiro atoms. The van der Waals surface area contributed by atoms with Gasteiger partial charge in [-0.2, -0.15) is 0 Å². The summed E-state index contributed by atoms with van der Waals surface area (Å²) in [4.78, 5) is 17.7. The van der Waals surface area contributed by atoms with Gasteiger partial charge in [-0.1, -0.05) is 13.8 Å². The van der Waals surface area contributed by atoms with Crippen LogP contribution in [0.4, 0.5) is 0 Å². The first-order valence-electron chi connectivity index (χ1n) is 6.28. The van der Waals surface area contributed by atoms with Crippen LogP contribution in [-0.2, 0) is 9.63 Å². The molecule has 0 aliphatic carbocycles. The summed E-state index contributed by atoms with van der Waals surface area (Å²) in [6.45, 7) is 7.57. The summed E-state index contributed by atoms with van der Waals surface area (Å²) in [5.74, 6) is 0.580. The number of carbonyl (C=O) groups excluding carboxylic acids is 1. The number of nitrogens with one attached hydrogen (secondary N) is 1. The van der Waals surface area contributed by atoms with Crippen molar-refractivity contribution in [2.75, 3.05) is 26.2 Å². The van der Waals surface area contributed by atoms with Crippen molar-refractivity contribution in [1.29, 1.82) is 0 Å². The van der Waals surface area contributed by atoms with Crippen molar-refractivity contribution in [3.8, 4) is 0 Å². The lowest BCUT2D eigenvalue weighted by molar-refractivity contribution is -0.182. The number of piperidine rings is 1. The van der Waals surface area contributed by atoms with E-state index in [9.17, 15) is 4.79 Å². The number of carbonyl (C=O) groups is 1. The van der Waals surface area contributed by atoms with Crippen LogP contribution in [0.25, 0.3) is 0 Å². The van der Waals surface area contributed by atoms with Crippen LogP contribution in [0.2, 0.25) is 0 Å². The first-order chi connectivity index (χ1) is 7.62. The van der Waals surface area contributed by atoms with Gasteiger partial charge in [0.15, 0.2) is 0 Å². The summed E-state index contributed by atoms with van der Waals surface area (Å²) >= 11 is 0. The van der Waals surface area contributed by atoms with Gasteiger partial charge in [-0.15, -0.1) is 0 Å². The molecule has 92 valence electrons. The average molecular weight is 226 g/mol. The Hall–Kier alpha value is -0.610. The van der Waals surface area contributed by atoms with Crippen LogP contribution in [-0.4, -0.2) is 37.2 Å². The zero-order chi connectivity index (χ0) is 11.6. The summed E-state index contributed by atoms with van der Waals surface area (Å²) in [7, 11) is 0. The molecule has 0 aromatic heterocycles. The van der Waals surface area contributed by atoms with Gasteiger partial charge in [0.25, 0.3) is 5.91 Å². The predicted molar refractivity (Wildman–Crippen MR) is 61.7 cm³/mol. The van der Waals surface area contributed by atoms with Gasteiger partial charge in [-0.3, -0.25) is 9.63 Å². The molecule has 0 saturated carbocycles. The normalized spacial score (nSPS) is 27.1. The quantitative estimate of drug-likeness (QED) is 0.768. The largest absolute Gasteiger partial charge is 0.316 e. The van der Waals surface area contributed by atoms with Crippen LogP contribution in [0.1, 0.15) is 33.1 Å². The highest BCUT2D eigenvalue weighted by atomic mass is 16.7. The summed E-state index contributed by atoms with van der Waals surface area (Å²) < 4.78 is 0. The number of hydrogen-bond donors (Lipinski definition) is 1. The Kier molecular flexibility index (Phi) is 3.50. The Morgan fingerprint density at radius 2 is 2.25 bits per heavy atom. The van der Waals surface area contributed by atoms with E-state index >= 15 is 0 Å². The van der Waals surface area contributed by atoms with Gasteiger partial charge in [0.05, 0.1) is 13.2 Å². The first kappa shape index (κ1) is 11.9. The third-order valence-electron chi connectivity index (χ3n) is 3.85. The fourth-order valence-electron chi connectivity index (χ4n) is 2.57. The van der Waals surface area contributed by atoms with Crippen molar-refractivity contribution in [2.24, 2.45) is 11.3 Å². The van der Waals surface area contributed by atoms with Gasteiger partial charge >= 0.3 is 0 Å².